The fourth-order valence-electron chi connectivity index (χ4n) is 2.34. The second kappa shape index (κ2) is 7.60. The Kier molecular flexibility index (Phi) is 5.07. The van der Waals surface area contributed by atoms with Gasteiger partial charge in [-0.25, -0.2) is 9.78 Å². The number of carbonyl (C=O) groups excluding carboxylic acids is 2. The van der Waals surface area contributed by atoms with Crippen molar-refractivity contribution in [2.75, 3.05) is 6.61 Å². The zero-order valence-electron chi connectivity index (χ0n) is 14.0. The Labute approximate surface area is 147 Å². The van der Waals surface area contributed by atoms with E-state index in [4.69, 9.17) is 9.26 Å². The van der Waals surface area contributed by atoms with Gasteiger partial charge in [-0.1, -0.05) is 35.5 Å². The quantitative estimate of drug-likeness (QED) is 0.652. The van der Waals surface area contributed by atoms with Crippen LogP contribution in [0.25, 0.3) is 11.1 Å². The SMILES string of the molecule is CCOC(=O)c1noc2ncn(CC(=O)NCc3ccccc3)c(=O)c12. The van der Waals surface area contributed by atoms with E-state index in [9.17, 15) is 14.4 Å². The molecule has 9 nitrogen and oxygen atoms in total. The number of hydrogen-bond donors (Lipinski definition) is 1. The van der Waals surface area contributed by atoms with Crippen molar-refractivity contribution < 1.29 is 18.8 Å². The first-order chi connectivity index (χ1) is 12.6. The van der Waals surface area contributed by atoms with E-state index in [1.807, 2.05) is 30.3 Å². The van der Waals surface area contributed by atoms with Gasteiger partial charge in [0, 0.05) is 6.54 Å². The van der Waals surface area contributed by atoms with Gasteiger partial charge >= 0.3 is 5.97 Å². The lowest BCUT2D eigenvalue weighted by atomic mass is 10.2. The maximum absolute atomic E-state index is 12.6. The number of esters is 1. The minimum atomic E-state index is -0.781. The van der Waals surface area contributed by atoms with Crippen LogP contribution in [0.3, 0.4) is 0 Å². The molecule has 3 rings (SSSR count). The summed E-state index contributed by atoms with van der Waals surface area (Å²) in [6.45, 7) is 1.85. The van der Waals surface area contributed by atoms with Crippen LogP contribution in [-0.4, -0.2) is 33.2 Å². The van der Waals surface area contributed by atoms with Gasteiger partial charge in [-0.3, -0.25) is 14.2 Å². The summed E-state index contributed by atoms with van der Waals surface area (Å²) >= 11 is 0. The van der Waals surface area contributed by atoms with Crippen molar-refractivity contribution in [3.05, 3.63) is 58.3 Å². The Balaban J connectivity index is 1.78. The number of nitrogens with zero attached hydrogens (tertiary/aromatic N) is 3. The summed E-state index contributed by atoms with van der Waals surface area (Å²) in [5.41, 5.74) is -0.00281. The topological polar surface area (TPSA) is 116 Å². The highest BCUT2D eigenvalue weighted by Crippen LogP contribution is 2.12. The Morgan fingerprint density at radius 2 is 2.04 bits per heavy atom. The third-order valence-corrected chi connectivity index (χ3v) is 3.58. The molecule has 0 fully saturated rings. The molecule has 0 spiro atoms. The number of benzene rings is 1. The maximum Gasteiger partial charge on any atom is 0.361 e. The molecule has 0 radical (unpaired) electrons. The average molecular weight is 356 g/mol. The number of ether oxygens (including phenoxy) is 1. The van der Waals surface area contributed by atoms with E-state index < -0.39 is 11.5 Å². The fourth-order valence-corrected chi connectivity index (χ4v) is 2.34. The fraction of sp³-hybridized carbons (Fsp3) is 0.235. The van der Waals surface area contributed by atoms with Crippen LogP contribution >= 0.6 is 0 Å². The van der Waals surface area contributed by atoms with Crippen LogP contribution in [0, 0.1) is 0 Å². The van der Waals surface area contributed by atoms with Crippen molar-refractivity contribution in [2.45, 2.75) is 20.0 Å². The molecule has 0 saturated heterocycles. The molecule has 1 aromatic carbocycles. The van der Waals surface area contributed by atoms with Gasteiger partial charge in [-0.2, -0.15) is 0 Å². The van der Waals surface area contributed by atoms with Crippen molar-refractivity contribution in [3.63, 3.8) is 0 Å². The van der Waals surface area contributed by atoms with Crippen molar-refractivity contribution >= 4 is 23.0 Å². The molecule has 134 valence electrons. The first kappa shape index (κ1) is 17.3. The second-order valence-corrected chi connectivity index (χ2v) is 5.37. The van der Waals surface area contributed by atoms with Gasteiger partial charge in [0.05, 0.1) is 6.61 Å². The van der Waals surface area contributed by atoms with E-state index in [0.29, 0.717) is 6.54 Å². The van der Waals surface area contributed by atoms with Crippen molar-refractivity contribution in [2.24, 2.45) is 0 Å². The molecule has 0 aliphatic carbocycles. The normalized spacial score (nSPS) is 10.7. The smallest absolute Gasteiger partial charge is 0.361 e. The molecule has 0 bridgehead atoms. The number of nitrogens with one attached hydrogen (secondary N) is 1. The zero-order valence-corrected chi connectivity index (χ0v) is 14.0. The molecule has 0 unspecified atom stereocenters. The summed E-state index contributed by atoms with van der Waals surface area (Å²) in [7, 11) is 0. The van der Waals surface area contributed by atoms with Crippen LogP contribution < -0.4 is 10.9 Å². The monoisotopic (exact) mass is 356 g/mol. The number of carbonyl (C=O) groups is 2. The minimum Gasteiger partial charge on any atom is -0.461 e. The van der Waals surface area contributed by atoms with Gasteiger partial charge in [-0.15, -0.1) is 0 Å². The van der Waals surface area contributed by atoms with Crippen LogP contribution in [-0.2, 0) is 22.6 Å². The number of amides is 1. The first-order valence-electron chi connectivity index (χ1n) is 7.92. The van der Waals surface area contributed by atoms with Gasteiger partial charge in [0.25, 0.3) is 11.3 Å². The molecular formula is C17H16N4O5. The average Bonchev–Trinajstić information content (AvgIpc) is 3.08. The molecular weight excluding hydrogens is 340 g/mol. The van der Waals surface area contributed by atoms with Gasteiger partial charge in [-0.05, 0) is 12.5 Å². The molecule has 0 aliphatic rings. The Morgan fingerprint density at radius 3 is 2.77 bits per heavy atom. The third-order valence-electron chi connectivity index (χ3n) is 3.58. The minimum absolute atomic E-state index is 0.0843. The third kappa shape index (κ3) is 3.61. The van der Waals surface area contributed by atoms with Crippen LogP contribution in [0.15, 0.2) is 46.0 Å². The summed E-state index contributed by atoms with van der Waals surface area (Å²) in [4.78, 5) is 40.5. The molecule has 1 N–H and O–H groups in total. The highest BCUT2D eigenvalue weighted by molar-refractivity contribution is 5.99. The maximum atomic E-state index is 12.6. The standard InChI is InChI=1S/C17H16N4O5/c1-2-25-17(24)14-13-15(26-20-14)19-10-21(16(13)23)9-12(22)18-8-11-6-4-3-5-7-11/h3-7,10H,2,8-9H2,1H3,(H,18,22). The van der Waals surface area contributed by atoms with E-state index in [-0.39, 0.29) is 35.9 Å². The number of hydrogen-bond acceptors (Lipinski definition) is 7. The Morgan fingerprint density at radius 1 is 1.27 bits per heavy atom. The number of fused-ring (bicyclic) bond motifs is 1. The lowest BCUT2D eigenvalue weighted by Crippen LogP contribution is -2.32. The molecule has 3 aromatic rings. The predicted octanol–water partition coefficient (Wildman–Crippen LogP) is 0.878. The predicted molar refractivity (Wildman–Crippen MR) is 90.3 cm³/mol. The largest absolute Gasteiger partial charge is 0.461 e. The molecule has 0 atom stereocenters. The van der Waals surface area contributed by atoms with Crippen molar-refractivity contribution in [1.29, 1.82) is 0 Å². The van der Waals surface area contributed by atoms with E-state index >= 15 is 0 Å². The summed E-state index contributed by atoms with van der Waals surface area (Å²) in [5, 5.41) is 6.15. The Bertz CT molecular complexity index is 993. The Hall–Kier alpha value is -3.49. The van der Waals surface area contributed by atoms with E-state index in [1.165, 1.54) is 6.33 Å². The van der Waals surface area contributed by atoms with Gasteiger partial charge in [0.15, 0.2) is 0 Å². The summed E-state index contributed by atoms with van der Waals surface area (Å²) < 4.78 is 10.8. The van der Waals surface area contributed by atoms with Crippen molar-refractivity contribution in [3.8, 4) is 0 Å². The lowest BCUT2D eigenvalue weighted by Gasteiger charge is -2.07. The van der Waals surface area contributed by atoms with Crippen LogP contribution in [0.1, 0.15) is 23.0 Å². The molecule has 2 aromatic heterocycles. The van der Waals surface area contributed by atoms with Crippen LogP contribution in [0.2, 0.25) is 0 Å². The van der Waals surface area contributed by atoms with Crippen molar-refractivity contribution in [1.82, 2.24) is 20.0 Å². The molecule has 0 aliphatic heterocycles. The molecule has 0 saturated carbocycles. The van der Waals surface area contributed by atoms with Gasteiger partial charge in [0.1, 0.15) is 18.3 Å². The van der Waals surface area contributed by atoms with E-state index in [1.54, 1.807) is 6.92 Å². The zero-order chi connectivity index (χ0) is 18.5. The highest BCUT2D eigenvalue weighted by atomic mass is 16.5. The van der Waals surface area contributed by atoms with Crippen LogP contribution in [0.4, 0.5) is 0 Å². The van der Waals surface area contributed by atoms with Gasteiger partial charge in [0.2, 0.25) is 11.6 Å². The summed E-state index contributed by atoms with van der Waals surface area (Å²) in [6.07, 6.45) is 1.17. The second-order valence-electron chi connectivity index (χ2n) is 5.37. The van der Waals surface area contributed by atoms with E-state index in [2.05, 4.69) is 15.5 Å². The van der Waals surface area contributed by atoms with E-state index in [0.717, 1.165) is 10.1 Å². The first-order valence-corrected chi connectivity index (χ1v) is 7.92. The number of rotatable bonds is 6. The lowest BCUT2D eigenvalue weighted by molar-refractivity contribution is -0.121. The highest BCUT2D eigenvalue weighted by Gasteiger charge is 2.22. The molecule has 26 heavy (non-hydrogen) atoms. The number of aromatic nitrogens is 3. The molecule has 1 amide bonds. The van der Waals surface area contributed by atoms with Gasteiger partial charge < -0.3 is 14.6 Å². The van der Waals surface area contributed by atoms with Crippen LogP contribution in [0.5, 0.6) is 0 Å². The summed E-state index contributed by atoms with van der Waals surface area (Å²) in [5.74, 6) is -1.15. The molecule has 2 heterocycles. The summed E-state index contributed by atoms with van der Waals surface area (Å²) in [6, 6.07) is 9.37. The molecule has 9 heteroatoms.